The van der Waals surface area contributed by atoms with E-state index in [0.29, 0.717) is 13.1 Å². The van der Waals surface area contributed by atoms with E-state index < -0.39 is 0 Å². The third kappa shape index (κ3) is 8.18. The molecule has 1 heterocycles. The molecule has 0 aliphatic rings. The third-order valence-electron chi connectivity index (χ3n) is 4.36. The molecule has 156 valence electrons. The molecule has 0 fully saturated rings. The van der Waals surface area contributed by atoms with Crippen LogP contribution in [0.4, 0.5) is 0 Å². The average molecular weight is 499 g/mol. The van der Waals surface area contributed by atoms with Crippen molar-refractivity contribution in [3.8, 4) is 0 Å². The minimum atomic E-state index is 0. The highest BCUT2D eigenvalue weighted by molar-refractivity contribution is 14.0. The number of methoxy groups -OCH3 is 1. The molecular weight excluding hydrogens is 465 g/mol. The van der Waals surface area contributed by atoms with Gasteiger partial charge in [0.15, 0.2) is 5.96 Å². The molecule has 0 saturated heterocycles. The van der Waals surface area contributed by atoms with Crippen LogP contribution in [-0.2, 0) is 17.8 Å². The molecule has 0 saturated carbocycles. The second-order valence-electron chi connectivity index (χ2n) is 7.69. The van der Waals surface area contributed by atoms with Gasteiger partial charge < -0.3 is 15.4 Å². The van der Waals surface area contributed by atoms with Crippen molar-refractivity contribution in [3.05, 3.63) is 53.9 Å². The summed E-state index contributed by atoms with van der Waals surface area (Å²) in [7, 11) is 1.76. The van der Waals surface area contributed by atoms with Crippen molar-refractivity contribution in [2.45, 2.75) is 46.9 Å². The van der Waals surface area contributed by atoms with Crippen LogP contribution in [0.15, 0.2) is 47.7 Å². The van der Waals surface area contributed by atoms with Crippen LogP contribution in [0.2, 0.25) is 0 Å². The zero-order valence-electron chi connectivity index (χ0n) is 17.6. The van der Waals surface area contributed by atoms with Crippen molar-refractivity contribution >= 4 is 29.9 Å². The van der Waals surface area contributed by atoms with Gasteiger partial charge in [-0.05, 0) is 29.5 Å². The Morgan fingerprint density at radius 2 is 1.96 bits per heavy atom. The molecule has 0 bridgehead atoms. The largest absolute Gasteiger partial charge is 0.379 e. The molecule has 2 N–H and O–H groups in total. The highest BCUT2D eigenvalue weighted by Crippen LogP contribution is 2.20. The van der Waals surface area contributed by atoms with E-state index in [4.69, 9.17) is 9.73 Å². The number of aliphatic imine (C=N–C) groups is 1. The van der Waals surface area contributed by atoms with E-state index in [-0.39, 0.29) is 35.5 Å². The number of rotatable bonds is 8. The first kappa shape index (κ1) is 24.4. The Morgan fingerprint density at radius 3 is 2.57 bits per heavy atom. The quantitative estimate of drug-likeness (QED) is 0.331. The summed E-state index contributed by atoms with van der Waals surface area (Å²) < 4.78 is 7.54. The fourth-order valence-electron chi connectivity index (χ4n) is 2.85. The summed E-state index contributed by atoms with van der Waals surface area (Å²) >= 11 is 0. The molecule has 1 aromatic heterocycles. The van der Waals surface area contributed by atoms with Crippen LogP contribution in [0.5, 0.6) is 0 Å². The van der Waals surface area contributed by atoms with Crippen LogP contribution in [0.1, 0.15) is 38.8 Å². The Kier molecular flexibility index (Phi) is 10.5. The molecule has 1 aromatic carbocycles. The predicted molar refractivity (Wildman–Crippen MR) is 126 cm³/mol. The number of nitrogens with one attached hydrogen (secondary N) is 2. The lowest BCUT2D eigenvalue weighted by molar-refractivity contribution is 0.0205. The van der Waals surface area contributed by atoms with Gasteiger partial charge in [-0.3, -0.25) is 4.68 Å². The molecule has 0 amide bonds. The number of hydrogen-bond acceptors (Lipinski definition) is 3. The first-order valence-electron chi connectivity index (χ1n) is 9.52. The van der Waals surface area contributed by atoms with Gasteiger partial charge in [-0.2, -0.15) is 5.10 Å². The lowest BCUT2D eigenvalue weighted by atomic mass is 9.89. The van der Waals surface area contributed by atoms with Gasteiger partial charge >= 0.3 is 0 Å². The van der Waals surface area contributed by atoms with E-state index in [1.54, 1.807) is 13.3 Å². The van der Waals surface area contributed by atoms with Gasteiger partial charge in [-0.1, -0.05) is 45.0 Å². The molecule has 7 heteroatoms. The van der Waals surface area contributed by atoms with Crippen LogP contribution in [0.3, 0.4) is 0 Å². The van der Waals surface area contributed by atoms with Gasteiger partial charge in [0.05, 0.1) is 19.2 Å². The Balaban J connectivity index is 0.00000392. The van der Waals surface area contributed by atoms with Crippen molar-refractivity contribution in [3.63, 3.8) is 0 Å². The Hall–Kier alpha value is -1.61. The van der Waals surface area contributed by atoms with Crippen LogP contribution in [-0.4, -0.2) is 42.0 Å². The SMILES string of the molecule is CCNC(=NCc1cccc(Cn2cccn2)c1)NCC(OC)C(C)(C)C.I. The second kappa shape index (κ2) is 12.1. The van der Waals surface area contributed by atoms with Gasteiger partial charge in [-0.25, -0.2) is 4.99 Å². The lowest BCUT2D eigenvalue weighted by Crippen LogP contribution is -2.45. The molecule has 28 heavy (non-hydrogen) atoms. The number of guanidine groups is 1. The van der Waals surface area contributed by atoms with Crippen molar-refractivity contribution in [2.24, 2.45) is 10.4 Å². The molecule has 2 rings (SSSR count). The van der Waals surface area contributed by atoms with E-state index in [2.05, 4.69) is 67.7 Å². The summed E-state index contributed by atoms with van der Waals surface area (Å²) in [4.78, 5) is 4.73. The third-order valence-corrected chi connectivity index (χ3v) is 4.36. The first-order chi connectivity index (χ1) is 12.9. The number of benzene rings is 1. The molecule has 1 unspecified atom stereocenters. The summed E-state index contributed by atoms with van der Waals surface area (Å²) in [6.45, 7) is 11.5. The van der Waals surface area contributed by atoms with E-state index in [9.17, 15) is 0 Å². The summed E-state index contributed by atoms with van der Waals surface area (Å²) in [6, 6.07) is 10.4. The van der Waals surface area contributed by atoms with Crippen molar-refractivity contribution in [2.75, 3.05) is 20.2 Å². The summed E-state index contributed by atoms with van der Waals surface area (Å²) in [5.74, 6) is 0.807. The molecule has 0 aliphatic carbocycles. The van der Waals surface area contributed by atoms with Crippen LogP contribution < -0.4 is 10.6 Å². The van der Waals surface area contributed by atoms with Gasteiger partial charge in [0.2, 0.25) is 0 Å². The topological polar surface area (TPSA) is 63.5 Å². The van der Waals surface area contributed by atoms with Gasteiger partial charge in [-0.15, -0.1) is 24.0 Å². The van der Waals surface area contributed by atoms with E-state index in [1.165, 1.54) is 11.1 Å². The van der Waals surface area contributed by atoms with Crippen molar-refractivity contribution in [1.82, 2.24) is 20.4 Å². The zero-order chi connectivity index (χ0) is 19.7. The minimum absolute atomic E-state index is 0. The maximum atomic E-state index is 5.62. The average Bonchev–Trinajstić information content (AvgIpc) is 3.12. The summed E-state index contributed by atoms with van der Waals surface area (Å²) in [6.07, 6.45) is 3.88. The van der Waals surface area contributed by atoms with E-state index in [0.717, 1.165) is 19.0 Å². The fourth-order valence-corrected chi connectivity index (χ4v) is 2.85. The van der Waals surface area contributed by atoms with Gasteiger partial charge in [0.25, 0.3) is 0 Å². The number of hydrogen-bond donors (Lipinski definition) is 2. The number of aromatic nitrogens is 2. The normalized spacial score (nSPS) is 13.0. The Bertz CT molecular complexity index is 710. The molecular formula is C21H34IN5O. The Labute approximate surface area is 186 Å². The van der Waals surface area contributed by atoms with Gasteiger partial charge in [0.1, 0.15) is 0 Å². The standard InChI is InChI=1S/C21H33N5O.HI/c1-6-22-20(24-15-19(27-5)21(2,3)4)23-14-17-9-7-10-18(13-17)16-26-12-8-11-25-26;/h7-13,19H,6,14-16H2,1-5H3,(H2,22,23,24);1H. The lowest BCUT2D eigenvalue weighted by Gasteiger charge is -2.30. The predicted octanol–water partition coefficient (Wildman–Crippen LogP) is 3.67. The van der Waals surface area contributed by atoms with E-state index >= 15 is 0 Å². The maximum Gasteiger partial charge on any atom is 0.191 e. The van der Waals surface area contributed by atoms with Crippen LogP contribution in [0.25, 0.3) is 0 Å². The van der Waals surface area contributed by atoms with Crippen molar-refractivity contribution in [1.29, 1.82) is 0 Å². The fraction of sp³-hybridized carbons (Fsp3) is 0.524. The van der Waals surface area contributed by atoms with Crippen molar-refractivity contribution < 1.29 is 4.74 Å². The summed E-state index contributed by atoms with van der Waals surface area (Å²) in [5, 5.41) is 11.0. The molecule has 2 aromatic rings. The van der Waals surface area contributed by atoms with Crippen LogP contribution >= 0.6 is 24.0 Å². The monoisotopic (exact) mass is 499 g/mol. The first-order valence-corrected chi connectivity index (χ1v) is 9.52. The molecule has 0 radical (unpaired) electrons. The second-order valence-corrected chi connectivity index (χ2v) is 7.69. The van der Waals surface area contributed by atoms with Crippen LogP contribution in [0, 0.1) is 5.41 Å². The molecule has 6 nitrogen and oxygen atoms in total. The highest BCUT2D eigenvalue weighted by atomic mass is 127. The smallest absolute Gasteiger partial charge is 0.191 e. The zero-order valence-corrected chi connectivity index (χ0v) is 19.9. The molecule has 0 aliphatic heterocycles. The number of ether oxygens (including phenoxy) is 1. The number of nitrogens with zero attached hydrogens (tertiary/aromatic N) is 3. The highest BCUT2D eigenvalue weighted by Gasteiger charge is 2.24. The maximum absolute atomic E-state index is 5.62. The molecule has 1 atom stereocenters. The number of halogens is 1. The van der Waals surface area contributed by atoms with E-state index in [1.807, 2.05) is 16.9 Å². The minimum Gasteiger partial charge on any atom is -0.379 e. The summed E-state index contributed by atoms with van der Waals surface area (Å²) in [5.41, 5.74) is 2.47. The Morgan fingerprint density at radius 1 is 1.21 bits per heavy atom. The van der Waals surface area contributed by atoms with Gasteiger partial charge in [0, 0.05) is 32.6 Å². The molecule has 0 spiro atoms.